The maximum Gasteiger partial charge on any atom is 0.220 e. The van der Waals surface area contributed by atoms with Crippen molar-refractivity contribution in [2.75, 3.05) is 0 Å². The summed E-state index contributed by atoms with van der Waals surface area (Å²) in [5.74, 6) is 0.697. The van der Waals surface area contributed by atoms with Gasteiger partial charge in [0.05, 0.1) is 24.1 Å². The molecule has 0 fully saturated rings. The molecule has 3 heterocycles. The third kappa shape index (κ3) is 4.10. The first-order valence-corrected chi connectivity index (χ1v) is 10.7. The van der Waals surface area contributed by atoms with Crippen LogP contribution in [0.15, 0.2) is 42.7 Å². The van der Waals surface area contributed by atoms with Crippen molar-refractivity contribution in [2.24, 2.45) is 0 Å². The van der Waals surface area contributed by atoms with Gasteiger partial charge in [-0.05, 0) is 37.8 Å². The second-order valence-electron chi connectivity index (χ2n) is 7.74. The van der Waals surface area contributed by atoms with Crippen LogP contribution in [0.4, 0.5) is 0 Å². The molecule has 0 saturated carbocycles. The number of aromatic amines is 1. The Morgan fingerprint density at radius 1 is 1.25 bits per heavy atom. The predicted octanol–water partition coefficient (Wildman–Crippen LogP) is 3.81. The van der Waals surface area contributed by atoms with Crippen molar-refractivity contribution in [3.05, 3.63) is 71.1 Å². The monoisotopic (exact) mass is 427 g/mol. The number of carbonyl (C=O) groups is 1. The second-order valence-corrected chi connectivity index (χ2v) is 7.74. The number of imidazole rings is 1. The van der Waals surface area contributed by atoms with Gasteiger partial charge in [-0.2, -0.15) is 10.4 Å². The van der Waals surface area contributed by atoms with Crippen molar-refractivity contribution in [1.82, 2.24) is 29.9 Å². The molecule has 32 heavy (non-hydrogen) atoms. The normalized spacial score (nSPS) is 11.9. The third-order valence-electron chi connectivity index (χ3n) is 5.68. The van der Waals surface area contributed by atoms with Gasteiger partial charge >= 0.3 is 0 Å². The molecule has 1 aromatic carbocycles. The third-order valence-corrected chi connectivity index (χ3v) is 5.68. The Morgan fingerprint density at radius 3 is 2.75 bits per heavy atom. The van der Waals surface area contributed by atoms with Crippen molar-refractivity contribution in [3.63, 3.8) is 0 Å². The molecule has 4 rings (SSSR count). The average Bonchev–Trinajstić information content (AvgIpc) is 3.45. The average molecular weight is 428 g/mol. The van der Waals surface area contributed by atoms with Crippen LogP contribution in [0.3, 0.4) is 0 Å². The zero-order valence-electron chi connectivity index (χ0n) is 18.4. The fourth-order valence-corrected chi connectivity index (χ4v) is 3.90. The molecule has 0 aliphatic heterocycles. The van der Waals surface area contributed by atoms with E-state index >= 15 is 0 Å². The maximum atomic E-state index is 12.7. The summed E-state index contributed by atoms with van der Waals surface area (Å²) < 4.78 is 1.67. The summed E-state index contributed by atoms with van der Waals surface area (Å²) in [7, 11) is 0. The molecule has 1 unspecified atom stereocenters. The van der Waals surface area contributed by atoms with Crippen molar-refractivity contribution < 1.29 is 4.79 Å². The summed E-state index contributed by atoms with van der Waals surface area (Å²) in [4.78, 5) is 25.1. The van der Waals surface area contributed by atoms with Gasteiger partial charge in [-0.25, -0.2) is 14.5 Å². The summed E-state index contributed by atoms with van der Waals surface area (Å²) in [6.45, 7) is 5.86. The number of rotatable bonds is 7. The molecule has 3 aromatic heterocycles. The number of H-pyrrole nitrogens is 1. The van der Waals surface area contributed by atoms with Gasteiger partial charge in [-0.3, -0.25) is 4.79 Å². The van der Waals surface area contributed by atoms with Crippen molar-refractivity contribution >= 4 is 11.6 Å². The van der Waals surface area contributed by atoms with E-state index in [4.69, 9.17) is 0 Å². The number of hydrogen-bond acceptors (Lipinski definition) is 5. The van der Waals surface area contributed by atoms with E-state index in [1.54, 1.807) is 10.7 Å². The quantitative estimate of drug-likeness (QED) is 0.466. The van der Waals surface area contributed by atoms with E-state index in [1.807, 2.05) is 51.1 Å². The molecule has 0 bridgehead atoms. The highest BCUT2D eigenvalue weighted by Gasteiger charge is 2.18. The lowest BCUT2D eigenvalue weighted by Crippen LogP contribution is -2.29. The van der Waals surface area contributed by atoms with E-state index in [0.29, 0.717) is 24.1 Å². The molecule has 162 valence electrons. The molecule has 4 aromatic rings. The van der Waals surface area contributed by atoms with Gasteiger partial charge in [-0.15, -0.1) is 0 Å². The number of nitrogens with one attached hydrogen (secondary N) is 2. The second kappa shape index (κ2) is 9.02. The molecule has 0 aliphatic rings. The Morgan fingerprint density at radius 2 is 2.03 bits per heavy atom. The first kappa shape index (κ1) is 21.2. The van der Waals surface area contributed by atoms with Crippen LogP contribution in [0.1, 0.15) is 54.1 Å². The predicted molar refractivity (Wildman–Crippen MR) is 121 cm³/mol. The summed E-state index contributed by atoms with van der Waals surface area (Å²) in [5.41, 5.74) is 5.65. The van der Waals surface area contributed by atoms with Crippen LogP contribution < -0.4 is 5.32 Å². The van der Waals surface area contributed by atoms with E-state index in [9.17, 15) is 10.1 Å². The summed E-state index contributed by atoms with van der Waals surface area (Å²) >= 11 is 0. The highest BCUT2D eigenvalue weighted by molar-refractivity contribution is 5.76. The maximum absolute atomic E-state index is 12.7. The zero-order chi connectivity index (χ0) is 22.7. The van der Waals surface area contributed by atoms with Crippen LogP contribution in [0.25, 0.3) is 16.9 Å². The fourth-order valence-electron chi connectivity index (χ4n) is 3.90. The fraction of sp³-hybridized carbons (Fsp3) is 0.292. The smallest absolute Gasteiger partial charge is 0.220 e. The standard InChI is InChI=1S/C24H25N7O/c1-4-20(23-26-14-21(30-23)17-8-6-5-7-9-17)29-22(32)11-10-19-15(2)28-24-18(12-25)13-27-31(24)16(19)3/h5-9,13-14,20H,4,10-11H2,1-3H3,(H,26,30)(H,29,32). The highest BCUT2D eigenvalue weighted by Crippen LogP contribution is 2.21. The molecule has 8 heteroatoms. The number of benzene rings is 1. The van der Waals surface area contributed by atoms with Gasteiger partial charge in [0.25, 0.3) is 0 Å². The van der Waals surface area contributed by atoms with E-state index in [2.05, 4.69) is 31.4 Å². The van der Waals surface area contributed by atoms with Crippen LogP contribution in [0.5, 0.6) is 0 Å². The van der Waals surface area contributed by atoms with Crippen LogP contribution in [0.2, 0.25) is 0 Å². The molecule has 0 aliphatic carbocycles. The van der Waals surface area contributed by atoms with Crippen LogP contribution >= 0.6 is 0 Å². The Hall–Kier alpha value is -3.99. The molecule has 0 saturated heterocycles. The SMILES string of the molecule is CCC(NC(=O)CCc1c(C)nc2c(C#N)cnn2c1C)c1ncc(-c2ccccc2)[nH]1. The minimum Gasteiger partial charge on any atom is -0.346 e. The number of carbonyl (C=O) groups excluding carboxylic acids is 1. The van der Waals surface area contributed by atoms with Crippen molar-refractivity contribution in [3.8, 4) is 17.3 Å². The van der Waals surface area contributed by atoms with Crippen LogP contribution in [0, 0.1) is 25.2 Å². The first-order valence-electron chi connectivity index (χ1n) is 10.7. The summed E-state index contributed by atoms with van der Waals surface area (Å²) in [5, 5.41) is 16.6. The van der Waals surface area contributed by atoms with Gasteiger partial charge in [0.2, 0.25) is 5.91 Å². The highest BCUT2D eigenvalue weighted by atomic mass is 16.1. The zero-order valence-corrected chi connectivity index (χ0v) is 18.4. The molecule has 8 nitrogen and oxygen atoms in total. The Bertz CT molecular complexity index is 1300. The number of aryl methyl sites for hydroxylation is 2. The van der Waals surface area contributed by atoms with Crippen molar-refractivity contribution in [1.29, 1.82) is 5.26 Å². The Labute approximate surface area is 186 Å². The van der Waals surface area contributed by atoms with Gasteiger partial charge in [0.15, 0.2) is 5.65 Å². The van der Waals surface area contributed by atoms with Gasteiger partial charge in [0.1, 0.15) is 17.5 Å². The number of nitriles is 1. The number of nitrogens with zero attached hydrogens (tertiary/aromatic N) is 5. The van der Waals surface area contributed by atoms with Gasteiger partial charge in [0, 0.05) is 17.8 Å². The minimum absolute atomic E-state index is 0.0495. The lowest BCUT2D eigenvalue weighted by Gasteiger charge is -2.16. The van der Waals surface area contributed by atoms with Gasteiger partial charge < -0.3 is 10.3 Å². The van der Waals surface area contributed by atoms with Crippen molar-refractivity contribution in [2.45, 2.75) is 46.1 Å². The first-order chi connectivity index (χ1) is 15.5. The number of aromatic nitrogens is 5. The largest absolute Gasteiger partial charge is 0.346 e. The van der Waals surface area contributed by atoms with Crippen LogP contribution in [-0.4, -0.2) is 30.5 Å². The van der Waals surface area contributed by atoms with E-state index in [-0.39, 0.29) is 11.9 Å². The molecular weight excluding hydrogens is 402 g/mol. The molecule has 1 atom stereocenters. The number of hydrogen-bond donors (Lipinski definition) is 2. The van der Waals surface area contributed by atoms with E-state index in [1.165, 1.54) is 6.20 Å². The summed E-state index contributed by atoms with van der Waals surface area (Å²) in [6.07, 6.45) is 4.90. The molecular formula is C24H25N7O. The lowest BCUT2D eigenvalue weighted by molar-refractivity contribution is -0.121. The molecule has 1 amide bonds. The van der Waals surface area contributed by atoms with Gasteiger partial charge in [-0.1, -0.05) is 37.3 Å². The molecule has 2 N–H and O–H groups in total. The Kier molecular flexibility index (Phi) is 5.99. The lowest BCUT2D eigenvalue weighted by atomic mass is 10.1. The topological polar surface area (TPSA) is 112 Å². The summed E-state index contributed by atoms with van der Waals surface area (Å²) in [6, 6.07) is 11.9. The van der Waals surface area contributed by atoms with Crippen LogP contribution in [-0.2, 0) is 11.2 Å². The van der Waals surface area contributed by atoms with E-state index < -0.39 is 0 Å². The minimum atomic E-state index is -0.188. The number of fused-ring (bicyclic) bond motifs is 1. The Balaban J connectivity index is 1.45. The molecule has 0 radical (unpaired) electrons. The molecule has 0 spiro atoms. The van der Waals surface area contributed by atoms with E-state index in [0.717, 1.165) is 40.5 Å². The number of amides is 1.